The maximum absolute atomic E-state index is 13.1. The minimum Gasteiger partial charge on any atom is -0.508 e. The smallest absolute Gasteiger partial charge is 0.290 e. The van der Waals surface area contributed by atoms with Crippen molar-refractivity contribution in [2.75, 3.05) is 6.54 Å². The lowest BCUT2D eigenvalue weighted by atomic mass is 9.95. The number of amides is 1. The Morgan fingerprint density at radius 2 is 1.78 bits per heavy atom. The van der Waals surface area contributed by atoms with Crippen LogP contribution < -0.4 is 0 Å². The second kappa shape index (κ2) is 9.34. The van der Waals surface area contributed by atoms with Crippen molar-refractivity contribution in [2.24, 2.45) is 0 Å². The number of hydrogen-bond donors (Lipinski definition) is 2. The van der Waals surface area contributed by atoms with Crippen molar-refractivity contribution >= 4 is 17.8 Å². The van der Waals surface area contributed by atoms with E-state index in [0.29, 0.717) is 25.1 Å². The first-order valence-corrected chi connectivity index (χ1v) is 10.3. The lowest BCUT2D eigenvalue weighted by molar-refractivity contribution is -0.129. The molecule has 4 rings (SSSR count). The molecule has 162 valence electrons. The third-order valence-electron chi connectivity index (χ3n) is 5.38. The highest BCUT2D eigenvalue weighted by atomic mass is 16.3. The number of aliphatic hydroxyl groups is 1. The Bertz CT molecular complexity index is 1150. The normalized spacial score (nSPS) is 16.3. The van der Waals surface area contributed by atoms with Gasteiger partial charge in [-0.25, -0.2) is 4.98 Å². The predicted octanol–water partition coefficient (Wildman–Crippen LogP) is 3.66. The zero-order valence-electron chi connectivity index (χ0n) is 17.3. The summed E-state index contributed by atoms with van der Waals surface area (Å²) in [4.78, 5) is 31.5. The first-order valence-electron chi connectivity index (χ1n) is 10.3. The van der Waals surface area contributed by atoms with Gasteiger partial charge in [0.25, 0.3) is 5.91 Å². The number of aromatic nitrogens is 2. The number of rotatable bonds is 8. The summed E-state index contributed by atoms with van der Waals surface area (Å²) in [5.41, 5.74) is 1.51. The molecular formula is C25H23N3O4. The van der Waals surface area contributed by atoms with Crippen molar-refractivity contribution in [1.29, 1.82) is 0 Å². The van der Waals surface area contributed by atoms with E-state index in [2.05, 4.69) is 4.98 Å². The number of imidazole rings is 1. The number of carbonyl (C=O) groups is 2. The van der Waals surface area contributed by atoms with Gasteiger partial charge in [-0.3, -0.25) is 9.59 Å². The fourth-order valence-corrected chi connectivity index (χ4v) is 3.81. The molecule has 2 heterocycles. The Morgan fingerprint density at radius 1 is 1.03 bits per heavy atom. The number of benzene rings is 2. The van der Waals surface area contributed by atoms with Crippen LogP contribution in [-0.4, -0.2) is 42.9 Å². The SMILES string of the molecule is O=C(/C=C/c1ccccc1)C1=C(O)C(=O)N(CCCn2ccnc2)C1c1ccc(O)cc1. The molecule has 1 unspecified atom stereocenters. The zero-order valence-corrected chi connectivity index (χ0v) is 17.3. The Hall–Kier alpha value is -4.13. The molecule has 0 fully saturated rings. The average Bonchev–Trinajstić information content (AvgIpc) is 3.41. The highest BCUT2D eigenvalue weighted by Crippen LogP contribution is 2.38. The number of hydrogen-bond acceptors (Lipinski definition) is 5. The first kappa shape index (κ1) is 21.1. The molecule has 0 saturated heterocycles. The molecule has 0 radical (unpaired) electrons. The van der Waals surface area contributed by atoms with Crippen LogP contribution in [-0.2, 0) is 16.1 Å². The van der Waals surface area contributed by atoms with Gasteiger partial charge in [0, 0.05) is 25.5 Å². The minimum absolute atomic E-state index is 0.0375. The topological polar surface area (TPSA) is 95.7 Å². The first-order chi connectivity index (χ1) is 15.5. The summed E-state index contributed by atoms with van der Waals surface area (Å²) in [5.74, 6) is -1.47. The molecule has 0 bridgehead atoms. The Labute approximate surface area is 185 Å². The third-order valence-corrected chi connectivity index (χ3v) is 5.38. The summed E-state index contributed by atoms with van der Waals surface area (Å²) < 4.78 is 1.90. The van der Waals surface area contributed by atoms with Crippen LogP contribution in [0.1, 0.15) is 23.6 Å². The summed E-state index contributed by atoms with van der Waals surface area (Å²) in [7, 11) is 0. The molecule has 2 aromatic carbocycles. The van der Waals surface area contributed by atoms with E-state index < -0.39 is 23.5 Å². The van der Waals surface area contributed by atoms with E-state index in [0.717, 1.165) is 5.56 Å². The molecule has 32 heavy (non-hydrogen) atoms. The molecule has 7 nitrogen and oxygen atoms in total. The van der Waals surface area contributed by atoms with Gasteiger partial charge in [-0.1, -0.05) is 48.5 Å². The number of ketones is 1. The highest BCUT2D eigenvalue weighted by Gasteiger charge is 2.42. The zero-order chi connectivity index (χ0) is 22.5. The van der Waals surface area contributed by atoms with Crippen LogP contribution in [0.4, 0.5) is 0 Å². The summed E-state index contributed by atoms with van der Waals surface area (Å²) in [6.45, 7) is 0.982. The van der Waals surface area contributed by atoms with Crippen molar-refractivity contribution < 1.29 is 19.8 Å². The van der Waals surface area contributed by atoms with Crippen molar-refractivity contribution in [3.63, 3.8) is 0 Å². The predicted molar refractivity (Wildman–Crippen MR) is 120 cm³/mol. The quantitative estimate of drug-likeness (QED) is 0.533. The monoisotopic (exact) mass is 429 g/mol. The van der Waals surface area contributed by atoms with Gasteiger partial charge in [0.1, 0.15) is 5.75 Å². The fourth-order valence-electron chi connectivity index (χ4n) is 3.81. The molecule has 1 atom stereocenters. The summed E-state index contributed by atoms with van der Waals surface area (Å²) >= 11 is 0. The number of aromatic hydroxyl groups is 1. The van der Waals surface area contributed by atoms with Crippen LogP contribution in [0.25, 0.3) is 6.08 Å². The third kappa shape index (κ3) is 4.46. The van der Waals surface area contributed by atoms with Crippen LogP contribution in [0.3, 0.4) is 0 Å². The van der Waals surface area contributed by atoms with Gasteiger partial charge < -0.3 is 19.7 Å². The van der Waals surface area contributed by atoms with E-state index in [4.69, 9.17) is 0 Å². The average molecular weight is 429 g/mol. The maximum Gasteiger partial charge on any atom is 0.290 e. The molecular weight excluding hydrogens is 406 g/mol. The lowest BCUT2D eigenvalue weighted by Crippen LogP contribution is -2.32. The van der Waals surface area contributed by atoms with E-state index in [9.17, 15) is 19.8 Å². The molecule has 2 N–H and O–H groups in total. The molecule has 7 heteroatoms. The van der Waals surface area contributed by atoms with Crippen molar-refractivity contribution in [3.05, 3.63) is 102 Å². The Balaban J connectivity index is 1.61. The van der Waals surface area contributed by atoms with Crippen LogP contribution >= 0.6 is 0 Å². The minimum atomic E-state index is -0.737. The maximum atomic E-state index is 13.1. The highest BCUT2D eigenvalue weighted by molar-refractivity contribution is 6.14. The number of aryl methyl sites for hydroxylation is 1. The molecule has 1 aromatic heterocycles. The molecule has 0 aliphatic carbocycles. The van der Waals surface area contributed by atoms with E-state index in [1.807, 2.05) is 41.1 Å². The Morgan fingerprint density at radius 3 is 2.47 bits per heavy atom. The number of phenolic OH excluding ortho intramolecular Hbond substituents is 1. The van der Waals surface area contributed by atoms with Crippen molar-refractivity contribution in [3.8, 4) is 5.75 Å². The van der Waals surface area contributed by atoms with Crippen molar-refractivity contribution in [2.45, 2.75) is 19.0 Å². The summed E-state index contributed by atoms with van der Waals surface area (Å²) in [5, 5.41) is 20.3. The number of phenols is 1. The summed E-state index contributed by atoms with van der Waals surface area (Å²) in [6, 6.07) is 14.9. The van der Waals surface area contributed by atoms with Gasteiger partial charge in [-0.2, -0.15) is 0 Å². The van der Waals surface area contributed by atoms with Crippen LogP contribution in [0, 0.1) is 0 Å². The molecule has 1 aliphatic heterocycles. The van der Waals surface area contributed by atoms with Crippen LogP contribution in [0.2, 0.25) is 0 Å². The number of nitrogens with zero attached hydrogens (tertiary/aromatic N) is 3. The van der Waals surface area contributed by atoms with Gasteiger partial charge in [-0.15, -0.1) is 0 Å². The van der Waals surface area contributed by atoms with Gasteiger partial charge in [0.15, 0.2) is 11.5 Å². The van der Waals surface area contributed by atoms with Gasteiger partial charge in [0.05, 0.1) is 17.9 Å². The van der Waals surface area contributed by atoms with E-state index in [1.165, 1.54) is 23.1 Å². The molecule has 0 saturated carbocycles. The van der Waals surface area contributed by atoms with Gasteiger partial charge in [-0.05, 0) is 35.8 Å². The Kier molecular flexibility index (Phi) is 6.17. The number of carbonyl (C=O) groups excluding carboxylic acids is 2. The van der Waals surface area contributed by atoms with E-state index in [-0.39, 0.29) is 11.3 Å². The molecule has 1 aliphatic rings. The second-order valence-electron chi connectivity index (χ2n) is 7.52. The van der Waals surface area contributed by atoms with E-state index >= 15 is 0 Å². The number of allylic oxidation sites excluding steroid dienone is 1. The standard InChI is InChI=1S/C25H23N3O4/c29-20-10-8-19(9-11-20)23-22(21(30)12-7-18-5-2-1-3-6-18)24(31)25(32)28(23)15-4-14-27-16-13-26-17-27/h1-3,5-13,16-17,23,29,31H,4,14-15H2/b12-7+. The molecule has 3 aromatic rings. The molecule has 0 spiro atoms. The van der Waals surface area contributed by atoms with Gasteiger partial charge >= 0.3 is 0 Å². The van der Waals surface area contributed by atoms with E-state index in [1.54, 1.807) is 30.7 Å². The fraction of sp³-hybridized carbons (Fsp3) is 0.160. The van der Waals surface area contributed by atoms with Gasteiger partial charge in [0.2, 0.25) is 0 Å². The van der Waals surface area contributed by atoms with Crippen LogP contribution in [0.15, 0.2) is 90.7 Å². The van der Waals surface area contributed by atoms with Crippen molar-refractivity contribution in [1.82, 2.24) is 14.5 Å². The summed E-state index contributed by atoms with van der Waals surface area (Å²) in [6.07, 6.45) is 8.86. The van der Waals surface area contributed by atoms with Crippen LogP contribution in [0.5, 0.6) is 5.75 Å². The largest absolute Gasteiger partial charge is 0.508 e. The second-order valence-corrected chi connectivity index (χ2v) is 7.52. The number of aliphatic hydroxyl groups excluding tert-OH is 1. The lowest BCUT2D eigenvalue weighted by Gasteiger charge is -2.26. The molecule has 1 amide bonds.